The number of aromatic nitrogens is 2. The first-order chi connectivity index (χ1) is 16.8. The lowest BCUT2D eigenvalue weighted by Gasteiger charge is -2.25. The molecule has 1 aliphatic rings. The Morgan fingerprint density at radius 3 is 2.69 bits per heavy atom. The average Bonchev–Trinajstić information content (AvgIpc) is 3.32. The van der Waals surface area contributed by atoms with Crippen LogP contribution in [-0.4, -0.2) is 28.1 Å². The molecule has 3 rings (SSSR count). The van der Waals surface area contributed by atoms with E-state index in [-0.39, 0.29) is 29.9 Å². The molecule has 0 aliphatic heterocycles. The Labute approximate surface area is 207 Å². The minimum Gasteiger partial charge on any atom is -0.490 e. The van der Waals surface area contributed by atoms with Crippen LogP contribution in [0.25, 0.3) is 0 Å². The normalized spacial score (nSPS) is 13.9. The number of nitrogen functional groups attached to an aromatic ring is 1. The Balaban J connectivity index is 1.80. The van der Waals surface area contributed by atoms with Crippen molar-refractivity contribution >= 4 is 17.4 Å². The van der Waals surface area contributed by atoms with Crippen molar-refractivity contribution in [3.8, 4) is 5.75 Å². The highest BCUT2D eigenvalue weighted by Gasteiger charge is 2.24. The molecule has 0 unspecified atom stereocenters. The first-order valence-corrected chi connectivity index (χ1v) is 13.0. The molecule has 8 nitrogen and oxygen atoms in total. The molecule has 0 spiro atoms. The van der Waals surface area contributed by atoms with Gasteiger partial charge in [-0.2, -0.15) is 0 Å². The van der Waals surface area contributed by atoms with Crippen LogP contribution in [0.1, 0.15) is 77.7 Å². The molecule has 2 aromatic rings. The number of nitrogens with zero attached hydrogens (tertiary/aromatic N) is 2. The second-order valence-corrected chi connectivity index (χ2v) is 9.90. The van der Waals surface area contributed by atoms with Crippen molar-refractivity contribution in [1.29, 1.82) is 0 Å². The molecule has 1 fully saturated rings. The lowest BCUT2D eigenvalue weighted by atomic mass is 10.1. The fraction of sp³-hybridized carbons (Fsp3) is 0.593. The Bertz CT molecular complexity index is 1100. The summed E-state index contributed by atoms with van der Waals surface area (Å²) in [7, 11) is 0. The van der Waals surface area contributed by atoms with Gasteiger partial charge < -0.3 is 15.4 Å². The number of amides is 1. The van der Waals surface area contributed by atoms with E-state index in [9.17, 15) is 14.4 Å². The highest BCUT2D eigenvalue weighted by atomic mass is 16.5. The number of ether oxygens (including phenoxy) is 1. The maximum Gasteiger partial charge on any atom is 0.330 e. The van der Waals surface area contributed by atoms with Gasteiger partial charge in [-0.25, -0.2) is 4.79 Å². The van der Waals surface area contributed by atoms with Gasteiger partial charge >= 0.3 is 5.69 Å². The summed E-state index contributed by atoms with van der Waals surface area (Å²) in [4.78, 5) is 42.4. The van der Waals surface area contributed by atoms with E-state index in [1.54, 1.807) is 0 Å². The Morgan fingerprint density at radius 2 is 2.00 bits per heavy atom. The Kier molecular flexibility index (Phi) is 9.57. The Hall–Kier alpha value is -3.03. The maximum atomic E-state index is 13.4. The number of carbonyl (C=O) groups excluding carboxylic acids is 1. The molecule has 0 atom stereocenters. The van der Waals surface area contributed by atoms with Crippen LogP contribution in [-0.2, 0) is 17.8 Å². The molecule has 1 aromatic carbocycles. The van der Waals surface area contributed by atoms with Gasteiger partial charge in [0, 0.05) is 19.5 Å². The second-order valence-electron chi connectivity index (χ2n) is 9.90. The molecular formula is C27H40N4O4. The van der Waals surface area contributed by atoms with Crippen LogP contribution >= 0.6 is 0 Å². The minimum atomic E-state index is -0.621. The van der Waals surface area contributed by atoms with Gasteiger partial charge in [0.2, 0.25) is 5.91 Å². The molecule has 35 heavy (non-hydrogen) atoms. The molecule has 0 saturated heterocycles. The number of aromatic amines is 1. The highest BCUT2D eigenvalue weighted by molar-refractivity contribution is 5.95. The molecule has 0 bridgehead atoms. The summed E-state index contributed by atoms with van der Waals surface area (Å²) >= 11 is 0. The van der Waals surface area contributed by atoms with Crippen LogP contribution in [0.15, 0.2) is 33.9 Å². The van der Waals surface area contributed by atoms with Gasteiger partial charge in [0.05, 0.1) is 6.10 Å². The lowest BCUT2D eigenvalue weighted by Crippen LogP contribution is -2.42. The number of hydrogen-bond donors (Lipinski definition) is 2. The number of nitrogens with two attached hydrogens (primary N) is 1. The predicted molar refractivity (Wildman–Crippen MR) is 140 cm³/mol. The number of benzene rings is 1. The summed E-state index contributed by atoms with van der Waals surface area (Å²) in [5.74, 6) is 1.03. The summed E-state index contributed by atoms with van der Waals surface area (Å²) in [6, 6.07) is 7.89. The van der Waals surface area contributed by atoms with E-state index < -0.39 is 11.2 Å². The van der Waals surface area contributed by atoms with E-state index in [2.05, 4.69) is 18.8 Å². The predicted octanol–water partition coefficient (Wildman–Crippen LogP) is 4.25. The van der Waals surface area contributed by atoms with E-state index in [1.165, 1.54) is 22.3 Å². The molecule has 1 amide bonds. The van der Waals surface area contributed by atoms with E-state index in [1.807, 2.05) is 31.2 Å². The number of rotatable bonds is 12. The van der Waals surface area contributed by atoms with Crippen molar-refractivity contribution in [3.05, 3.63) is 50.7 Å². The zero-order valence-corrected chi connectivity index (χ0v) is 21.3. The third kappa shape index (κ3) is 7.23. The second kappa shape index (κ2) is 12.6. The number of unbranched alkanes of at least 4 members (excludes halogenated alkanes) is 1. The standard InChI is InChI=1S/C27H40N4O4/c1-4-5-16-31-25(28)24(26(33)29-27(31)34)30(17-15-19(2)3)23(32)14-13-20-9-8-12-22(18-20)35-21-10-6-7-11-21/h8-9,12,18-19,21H,4-7,10-11,13-17,28H2,1-3H3,(H,29,33,34). The number of H-pyrrole nitrogens is 1. The van der Waals surface area contributed by atoms with E-state index in [0.29, 0.717) is 31.8 Å². The monoisotopic (exact) mass is 484 g/mol. The summed E-state index contributed by atoms with van der Waals surface area (Å²) in [6.45, 7) is 6.90. The molecule has 8 heteroatoms. The minimum absolute atomic E-state index is 0.0521. The fourth-order valence-corrected chi connectivity index (χ4v) is 4.48. The SMILES string of the molecule is CCCCn1c(N)c(N(CCC(C)C)C(=O)CCc2cccc(OC3CCCC3)c2)c(=O)[nH]c1=O. The van der Waals surface area contributed by atoms with Crippen LogP contribution in [0.3, 0.4) is 0 Å². The van der Waals surface area contributed by atoms with Gasteiger partial charge in [-0.1, -0.05) is 39.3 Å². The van der Waals surface area contributed by atoms with Gasteiger partial charge in [0.1, 0.15) is 11.6 Å². The molecule has 192 valence electrons. The first kappa shape index (κ1) is 26.6. The number of carbonyl (C=O) groups is 1. The molecular weight excluding hydrogens is 444 g/mol. The average molecular weight is 485 g/mol. The van der Waals surface area contributed by atoms with Crippen molar-refractivity contribution in [1.82, 2.24) is 9.55 Å². The van der Waals surface area contributed by atoms with Gasteiger partial charge in [-0.3, -0.25) is 19.1 Å². The van der Waals surface area contributed by atoms with Crippen LogP contribution in [0.2, 0.25) is 0 Å². The molecule has 1 heterocycles. The molecule has 1 aromatic heterocycles. The van der Waals surface area contributed by atoms with Crippen molar-refractivity contribution in [2.45, 2.75) is 91.2 Å². The third-order valence-electron chi connectivity index (χ3n) is 6.58. The van der Waals surface area contributed by atoms with E-state index >= 15 is 0 Å². The van der Waals surface area contributed by atoms with Gasteiger partial charge in [-0.05, 0) is 68.6 Å². The van der Waals surface area contributed by atoms with Crippen LogP contribution in [0.5, 0.6) is 5.75 Å². The number of anilines is 2. The molecule has 1 saturated carbocycles. The van der Waals surface area contributed by atoms with Crippen molar-refractivity contribution in [3.63, 3.8) is 0 Å². The summed E-state index contributed by atoms with van der Waals surface area (Å²) < 4.78 is 7.46. The van der Waals surface area contributed by atoms with Crippen LogP contribution < -0.4 is 26.6 Å². The van der Waals surface area contributed by atoms with E-state index in [4.69, 9.17) is 10.5 Å². The summed E-state index contributed by atoms with van der Waals surface area (Å²) in [6.07, 6.45) is 7.94. The highest BCUT2D eigenvalue weighted by Crippen LogP contribution is 2.25. The number of hydrogen-bond acceptors (Lipinski definition) is 5. The molecule has 1 aliphatic carbocycles. The first-order valence-electron chi connectivity index (χ1n) is 13.0. The number of nitrogens with one attached hydrogen (secondary N) is 1. The maximum absolute atomic E-state index is 13.4. The lowest BCUT2D eigenvalue weighted by molar-refractivity contribution is -0.118. The topological polar surface area (TPSA) is 110 Å². The zero-order valence-electron chi connectivity index (χ0n) is 21.3. The van der Waals surface area contributed by atoms with Crippen LogP contribution in [0.4, 0.5) is 11.5 Å². The fourth-order valence-electron chi connectivity index (χ4n) is 4.48. The largest absolute Gasteiger partial charge is 0.490 e. The van der Waals surface area contributed by atoms with Gasteiger partial charge in [0.15, 0.2) is 5.69 Å². The van der Waals surface area contributed by atoms with Crippen molar-refractivity contribution < 1.29 is 9.53 Å². The molecule has 0 radical (unpaired) electrons. The zero-order chi connectivity index (χ0) is 25.4. The quantitative estimate of drug-likeness (QED) is 0.468. The summed E-state index contributed by atoms with van der Waals surface area (Å²) in [5, 5.41) is 0. The number of aryl methyl sites for hydroxylation is 1. The smallest absolute Gasteiger partial charge is 0.330 e. The van der Waals surface area contributed by atoms with Gasteiger partial charge in [0.25, 0.3) is 5.56 Å². The van der Waals surface area contributed by atoms with Gasteiger partial charge in [-0.15, -0.1) is 0 Å². The summed E-state index contributed by atoms with van der Waals surface area (Å²) in [5.41, 5.74) is 6.23. The van der Waals surface area contributed by atoms with E-state index in [0.717, 1.165) is 37.0 Å². The van der Waals surface area contributed by atoms with Crippen molar-refractivity contribution in [2.75, 3.05) is 17.2 Å². The third-order valence-corrected chi connectivity index (χ3v) is 6.58. The van der Waals surface area contributed by atoms with Crippen LogP contribution in [0, 0.1) is 5.92 Å². The molecule has 3 N–H and O–H groups in total. The Morgan fingerprint density at radius 1 is 1.26 bits per heavy atom. The van der Waals surface area contributed by atoms with Crippen molar-refractivity contribution in [2.24, 2.45) is 5.92 Å².